The van der Waals surface area contributed by atoms with Crippen molar-refractivity contribution in [3.05, 3.63) is 22.1 Å². The Balaban J connectivity index is 2.16. The summed E-state index contributed by atoms with van der Waals surface area (Å²) in [6.07, 6.45) is -2.21. The molecule has 2 amide bonds. The van der Waals surface area contributed by atoms with Gasteiger partial charge in [-0.1, -0.05) is 0 Å². The van der Waals surface area contributed by atoms with E-state index in [-0.39, 0.29) is 23.4 Å². The van der Waals surface area contributed by atoms with Crippen LogP contribution >= 0.6 is 15.9 Å². The number of carbonyl (C=O) groups is 2. The smallest absolute Gasteiger partial charge is 0.411 e. The first-order valence-corrected chi connectivity index (χ1v) is 8.54. The van der Waals surface area contributed by atoms with Crippen molar-refractivity contribution in [1.82, 2.24) is 9.88 Å². The molecule has 138 valence electrons. The Bertz CT molecular complexity index is 694. The molecule has 2 heterocycles. The second kappa shape index (κ2) is 7.23. The third-order valence-corrected chi connectivity index (χ3v) is 4.10. The summed E-state index contributed by atoms with van der Waals surface area (Å²) in [5.74, 6) is -1.01. The fraction of sp³-hybridized carbons (Fsp3) is 0.562. The first-order chi connectivity index (χ1) is 11.5. The highest BCUT2D eigenvalue weighted by Crippen LogP contribution is 2.26. The third kappa shape index (κ3) is 4.87. The number of pyridine rings is 1. The molecule has 1 aliphatic heterocycles. The quantitative estimate of drug-likeness (QED) is 0.743. The van der Waals surface area contributed by atoms with Crippen LogP contribution in [0.3, 0.4) is 0 Å². The number of amides is 2. The predicted octanol–water partition coefficient (Wildman–Crippen LogP) is 3.58. The summed E-state index contributed by atoms with van der Waals surface area (Å²) in [6, 6.07) is 0.195. The van der Waals surface area contributed by atoms with Gasteiger partial charge in [0.15, 0.2) is 5.82 Å². The topological polar surface area (TPSA) is 71.5 Å². The van der Waals surface area contributed by atoms with E-state index in [0.29, 0.717) is 5.56 Å². The van der Waals surface area contributed by atoms with Crippen LogP contribution < -0.4 is 5.32 Å². The Labute approximate surface area is 153 Å². The summed E-state index contributed by atoms with van der Waals surface area (Å²) < 4.78 is 32.4. The predicted molar refractivity (Wildman–Crippen MR) is 91.5 cm³/mol. The van der Waals surface area contributed by atoms with Crippen LogP contribution in [-0.4, -0.2) is 46.2 Å². The Kier molecular flexibility index (Phi) is 5.65. The first-order valence-electron chi connectivity index (χ1n) is 7.75. The highest BCUT2D eigenvalue weighted by atomic mass is 79.9. The van der Waals surface area contributed by atoms with Gasteiger partial charge in [-0.15, -0.1) is 0 Å². The fourth-order valence-corrected chi connectivity index (χ4v) is 2.73. The molecule has 2 atom stereocenters. The minimum absolute atomic E-state index is 0.0489. The van der Waals surface area contributed by atoms with E-state index < -0.39 is 35.6 Å². The highest BCUT2D eigenvalue weighted by Gasteiger charge is 2.42. The largest absolute Gasteiger partial charge is 0.444 e. The minimum Gasteiger partial charge on any atom is -0.444 e. The lowest BCUT2D eigenvalue weighted by molar-refractivity contribution is -0.120. The summed E-state index contributed by atoms with van der Waals surface area (Å²) in [7, 11) is 0. The van der Waals surface area contributed by atoms with Crippen molar-refractivity contribution >= 4 is 33.7 Å². The van der Waals surface area contributed by atoms with Crippen LogP contribution in [0.25, 0.3) is 0 Å². The molecule has 0 aliphatic carbocycles. The summed E-state index contributed by atoms with van der Waals surface area (Å²) >= 11 is 2.95. The van der Waals surface area contributed by atoms with Crippen molar-refractivity contribution in [2.45, 2.75) is 51.9 Å². The highest BCUT2D eigenvalue weighted by molar-refractivity contribution is 9.10. The van der Waals surface area contributed by atoms with Crippen molar-refractivity contribution in [3.8, 4) is 0 Å². The number of ether oxygens (including phenoxy) is 1. The van der Waals surface area contributed by atoms with Gasteiger partial charge in [-0.05, 0) is 55.3 Å². The number of alkyl halides is 1. The number of anilines is 1. The Morgan fingerprint density at radius 3 is 2.68 bits per heavy atom. The number of aryl methyl sites for hydroxylation is 1. The van der Waals surface area contributed by atoms with Crippen molar-refractivity contribution in [2.24, 2.45) is 0 Å². The monoisotopic (exact) mass is 419 g/mol. The molecule has 1 saturated heterocycles. The van der Waals surface area contributed by atoms with E-state index in [1.807, 2.05) is 0 Å². The second-order valence-corrected chi connectivity index (χ2v) is 7.65. The minimum atomic E-state index is -1.32. The van der Waals surface area contributed by atoms with E-state index >= 15 is 0 Å². The van der Waals surface area contributed by atoms with Gasteiger partial charge in [-0.25, -0.2) is 18.6 Å². The molecule has 9 heteroatoms. The second-order valence-electron chi connectivity index (χ2n) is 6.90. The SMILES string of the molecule is Cc1cc(F)c(Br)nc1NC(=O)[C@H]1C[C@@H](F)CN1C(=O)OC(C)(C)C. The maximum Gasteiger partial charge on any atom is 0.411 e. The average molecular weight is 420 g/mol. The molecule has 0 unspecified atom stereocenters. The van der Waals surface area contributed by atoms with Gasteiger partial charge in [-0.3, -0.25) is 9.69 Å². The maximum absolute atomic E-state index is 13.8. The van der Waals surface area contributed by atoms with Crippen molar-refractivity contribution in [2.75, 3.05) is 11.9 Å². The summed E-state index contributed by atoms with van der Waals surface area (Å²) in [5, 5.41) is 2.53. The lowest BCUT2D eigenvalue weighted by Crippen LogP contribution is -2.45. The molecular weight excluding hydrogens is 400 g/mol. The van der Waals surface area contributed by atoms with Crippen LogP contribution in [0.5, 0.6) is 0 Å². The molecule has 2 rings (SSSR count). The lowest BCUT2D eigenvalue weighted by Gasteiger charge is -2.27. The molecule has 1 aliphatic rings. The molecule has 6 nitrogen and oxygen atoms in total. The van der Waals surface area contributed by atoms with Gasteiger partial charge in [0.2, 0.25) is 5.91 Å². The van der Waals surface area contributed by atoms with Crippen molar-refractivity contribution in [3.63, 3.8) is 0 Å². The number of hydrogen-bond donors (Lipinski definition) is 1. The maximum atomic E-state index is 13.8. The Morgan fingerprint density at radius 1 is 1.44 bits per heavy atom. The summed E-state index contributed by atoms with van der Waals surface area (Å²) in [6.45, 7) is 6.42. The first kappa shape index (κ1) is 19.6. The zero-order valence-electron chi connectivity index (χ0n) is 14.4. The Hall–Kier alpha value is -1.77. The van der Waals surface area contributed by atoms with E-state index in [2.05, 4.69) is 26.2 Å². The molecule has 1 fully saturated rings. The molecule has 1 aromatic heterocycles. The van der Waals surface area contributed by atoms with E-state index in [1.165, 1.54) is 6.07 Å². The molecule has 0 spiro atoms. The van der Waals surface area contributed by atoms with Gasteiger partial charge in [0.05, 0.1) is 6.54 Å². The van der Waals surface area contributed by atoms with Gasteiger partial charge >= 0.3 is 6.09 Å². The van der Waals surface area contributed by atoms with E-state index in [9.17, 15) is 18.4 Å². The van der Waals surface area contributed by atoms with Crippen LogP contribution in [0.2, 0.25) is 0 Å². The molecule has 0 aromatic carbocycles. The van der Waals surface area contributed by atoms with Crippen LogP contribution in [0, 0.1) is 12.7 Å². The van der Waals surface area contributed by atoms with E-state index in [4.69, 9.17) is 4.74 Å². The van der Waals surface area contributed by atoms with Gasteiger partial charge in [0.25, 0.3) is 0 Å². The summed E-state index contributed by atoms with van der Waals surface area (Å²) in [5.41, 5.74) is -0.348. The molecule has 25 heavy (non-hydrogen) atoms. The number of hydrogen-bond acceptors (Lipinski definition) is 4. The van der Waals surface area contributed by atoms with E-state index in [1.54, 1.807) is 27.7 Å². The van der Waals surface area contributed by atoms with E-state index in [0.717, 1.165) is 4.90 Å². The van der Waals surface area contributed by atoms with Gasteiger partial charge < -0.3 is 10.1 Å². The van der Waals surface area contributed by atoms with Crippen molar-refractivity contribution < 1.29 is 23.1 Å². The zero-order chi connectivity index (χ0) is 18.9. The Morgan fingerprint density at radius 2 is 2.08 bits per heavy atom. The third-order valence-electron chi connectivity index (χ3n) is 3.55. The average Bonchev–Trinajstić information content (AvgIpc) is 2.85. The lowest BCUT2D eigenvalue weighted by atomic mass is 10.2. The zero-order valence-corrected chi connectivity index (χ0v) is 16.0. The number of aromatic nitrogens is 1. The summed E-state index contributed by atoms with van der Waals surface area (Å²) in [4.78, 5) is 29.7. The number of carbonyl (C=O) groups excluding carboxylic acids is 2. The van der Waals surface area contributed by atoms with Crippen LogP contribution in [-0.2, 0) is 9.53 Å². The number of likely N-dealkylation sites (tertiary alicyclic amines) is 1. The van der Waals surface area contributed by atoms with Crippen LogP contribution in [0.4, 0.5) is 19.4 Å². The number of halogens is 3. The molecule has 1 aromatic rings. The molecule has 0 radical (unpaired) electrons. The standard InChI is InChI=1S/C16H20BrF2N3O3/c1-8-5-10(19)12(17)20-13(8)21-14(23)11-6-9(18)7-22(11)15(24)25-16(2,3)4/h5,9,11H,6-7H2,1-4H3,(H,20,21,23)/t9-,11-/m1/s1. The molecular formula is C16H20BrF2N3O3. The van der Waals surface area contributed by atoms with Crippen molar-refractivity contribution in [1.29, 1.82) is 0 Å². The molecule has 1 N–H and O–H groups in total. The molecule has 0 saturated carbocycles. The normalized spacial score (nSPS) is 20.5. The number of rotatable bonds is 2. The van der Waals surface area contributed by atoms with Crippen LogP contribution in [0.1, 0.15) is 32.8 Å². The van der Waals surface area contributed by atoms with Gasteiger partial charge in [-0.2, -0.15) is 0 Å². The number of nitrogens with zero attached hydrogens (tertiary/aromatic N) is 2. The fourth-order valence-electron chi connectivity index (χ4n) is 2.44. The molecule has 0 bridgehead atoms. The van der Waals surface area contributed by atoms with Crippen LogP contribution in [0.15, 0.2) is 10.7 Å². The van der Waals surface area contributed by atoms with Gasteiger partial charge in [0, 0.05) is 6.42 Å². The van der Waals surface area contributed by atoms with Gasteiger partial charge in [0.1, 0.15) is 28.2 Å². The number of nitrogens with one attached hydrogen (secondary N) is 1.